The van der Waals surface area contributed by atoms with Gasteiger partial charge in [0.2, 0.25) is 0 Å². The largest absolute Gasteiger partial charge is 0.491 e. The van der Waals surface area contributed by atoms with Crippen molar-refractivity contribution in [2.45, 2.75) is 0 Å². The molecule has 190 valence electrons. The van der Waals surface area contributed by atoms with Crippen LogP contribution in [0.5, 0.6) is 5.75 Å². The monoisotopic (exact) mass is 497 g/mol. The molecular formula is C27H31N9O. The lowest BCUT2D eigenvalue weighted by atomic mass is 10.0. The van der Waals surface area contributed by atoms with Crippen LogP contribution in [0.4, 0.5) is 5.82 Å². The quantitative estimate of drug-likeness (QED) is 0.353. The van der Waals surface area contributed by atoms with Gasteiger partial charge in [0.15, 0.2) is 11.6 Å². The zero-order chi connectivity index (χ0) is 25.4. The van der Waals surface area contributed by atoms with Crippen LogP contribution in [0.2, 0.25) is 0 Å². The van der Waals surface area contributed by atoms with Crippen molar-refractivity contribution in [2.24, 2.45) is 0 Å². The molecule has 0 radical (unpaired) electrons. The lowest BCUT2D eigenvalue weighted by Crippen LogP contribution is -2.44. The first kappa shape index (κ1) is 23.4. The number of pyridine rings is 2. The van der Waals surface area contributed by atoms with E-state index in [4.69, 9.17) is 9.72 Å². The lowest BCUT2D eigenvalue weighted by molar-refractivity contribution is 0.261. The summed E-state index contributed by atoms with van der Waals surface area (Å²) in [6.45, 7) is 5.35. The maximum Gasteiger partial charge on any atom is 0.159 e. The average Bonchev–Trinajstić information content (AvgIpc) is 3.53. The number of aromatic nitrogens is 6. The number of aromatic amines is 2. The van der Waals surface area contributed by atoms with Crippen molar-refractivity contribution >= 4 is 27.8 Å². The van der Waals surface area contributed by atoms with Crippen LogP contribution in [0.1, 0.15) is 0 Å². The summed E-state index contributed by atoms with van der Waals surface area (Å²) >= 11 is 0. The van der Waals surface area contributed by atoms with Crippen molar-refractivity contribution in [3.8, 4) is 28.4 Å². The van der Waals surface area contributed by atoms with Gasteiger partial charge >= 0.3 is 0 Å². The van der Waals surface area contributed by atoms with Crippen LogP contribution in [0, 0.1) is 0 Å². The molecule has 0 amide bonds. The third-order valence-electron chi connectivity index (χ3n) is 6.83. The minimum absolute atomic E-state index is 0.611. The molecule has 10 heteroatoms. The van der Waals surface area contributed by atoms with Crippen molar-refractivity contribution in [1.82, 2.24) is 39.9 Å². The summed E-state index contributed by atoms with van der Waals surface area (Å²) in [6, 6.07) is 10.2. The second-order valence-electron chi connectivity index (χ2n) is 9.80. The Bertz CT molecular complexity index is 1530. The molecule has 5 heterocycles. The van der Waals surface area contributed by atoms with Gasteiger partial charge in [0, 0.05) is 56.1 Å². The van der Waals surface area contributed by atoms with Crippen LogP contribution in [0.15, 0.2) is 48.9 Å². The molecule has 1 aliphatic heterocycles. The molecule has 1 saturated heterocycles. The third kappa shape index (κ3) is 4.73. The number of likely N-dealkylation sites (N-methyl/N-ethyl adjacent to an activating group) is 2. The van der Waals surface area contributed by atoms with Crippen LogP contribution < -0.4 is 9.64 Å². The molecule has 4 aromatic heterocycles. The summed E-state index contributed by atoms with van der Waals surface area (Å²) in [5.41, 5.74) is 5.59. The Kier molecular flexibility index (Phi) is 6.19. The van der Waals surface area contributed by atoms with Gasteiger partial charge in [-0.3, -0.25) is 10.1 Å². The van der Waals surface area contributed by atoms with Gasteiger partial charge in [0.1, 0.15) is 23.6 Å². The Morgan fingerprint density at radius 3 is 2.70 bits per heavy atom. The van der Waals surface area contributed by atoms with Crippen LogP contribution in [-0.2, 0) is 0 Å². The molecule has 1 fully saturated rings. The molecule has 0 bridgehead atoms. The number of benzene rings is 1. The van der Waals surface area contributed by atoms with Crippen LogP contribution in [-0.4, -0.2) is 100 Å². The number of piperazine rings is 1. The zero-order valence-corrected chi connectivity index (χ0v) is 21.4. The molecule has 0 unspecified atom stereocenters. The number of anilines is 1. The Balaban J connectivity index is 1.33. The number of fused-ring (bicyclic) bond motifs is 2. The predicted octanol–water partition coefficient (Wildman–Crippen LogP) is 3.26. The first-order valence-corrected chi connectivity index (χ1v) is 12.5. The standard InChI is InChI=1S/C27H31N9O/c1-34(2)12-13-37-20-14-19(16-28-17-20)18-4-5-22-21(15-18)24(33-32-22)26-30-23-6-7-29-27(25(23)31-26)36-10-8-35(3)9-11-36/h4-7,14-17H,8-13H2,1-3H3,(H,30,31)(H,32,33). The van der Waals surface area contributed by atoms with E-state index in [0.717, 1.165) is 88.9 Å². The van der Waals surface area contributed by atoms with Gasteiger partial charge in [0.25, 0.3) is 0 Å². The summed E-state index contributed by atoms with van der Waals surface area (Å²) in [4.78, 5) is 24.3. The molecule has 1 aromatic carbocycles. The highest BCUT2D eigenvalue weighted by Crippen LogP contribution is 2.32. The van der Waals surface area contributed by atoms with E-state index in [1.807, 2.05) is 44.7 Å². The zero-order valence-electron chi connectivity index (χ0n) is 21.4. The number of H-pyrrole nitrogens is 2. The van der Waals surface area contributed by atoms with E-state index >= 15 is 0 Å². The maximum absolute atomic E-state index is 5.90. The van der Waals surface area contributed by atoms with Crippen molar-refractivity contribution in [1.29, 1.82) is 0 Å². The van der Waals surface area contributed by atoms with Crippen molar-refractivity contribution in [3.05, 3.63) is 48.9 Å². The number of rotatable bonds is 7. The average molecular weight is 498 g/mol. The highest BCUT2D eigenvalue weighted by Gasteiger charge is 2.21. The minimum atomic E-state index is 0.611. The molecule has 0 spiro atoms. The highest BCUT2D eigenvalue weighted by atomic mass is 16.5. The fourth-order valence-electron chi connectivity index (χ4n) is 4.66. The third-order valence-corrected chi connectivity index (χ3v) is 6.83. The first-order chi connectivity index (χ1) is 18.0. The van der Waals surface area contributed by atoms with Crippen LogP contribution >= 0.6 is 0 Å². The second-order valence-corrected chi connectivity index (χ2v) is 9.80. The normalized spacial score (nSPS) is 14.8. The number of hydrogen-bond acceptors (Lipinski definition) is 8. The van der Waals surface area contributed by atoms with Gasteiger partial charge in [-0.25, -0.2) is 9.97 Å². The maximum atomic E-state index is 5.90. The lowest BCUT2D eigenvalue weighted by Gasteiger charge is -2.33. The van der Waals surface area contributed by atoms with Gasteiger partial charge in [0.05, 0.1) is 17.2 Å². The molecule has 2 N–H and O–H groups in total. The van der Waals surface area contributed by atoms with E-state index in [0.29, 0.717) is 6.61 Å². The Morgan fingerprint density at radius 1 is 1.00 bits per heavy atom. The van der Waals surface area contributed by atoms with Crippen LogP contribution in [0.25, 0.3) is 44.6 Å². The van der Waals surface area contributed by atoms with Crippen molar-refractivity contribution < 1.29 is 4.74 Å². The molecule has 0 atom stereocenters. The minimum Gasteiger partial charge on any atom is -0.491 e. The topological polar surface area (TPSA) is 102 Å². The summed E-state index contributed by atoms with van der Waals surface area (Å²) in [5.74, 6) is 2.40. The summed E-state index contributed by atoms with van der Waals surface area (Å²) in [7, 11) is 6.21. The van der Waals surface area contributed by atoms with E-state index in [1.165, 1.54) is 0 Å². The van der Waals surface area contributed by atoms with Gasteiger partial charge in [-0.15, -0.1) is 0 Å². The highest BCUT2D eigenvalue weighted by molar-refractivity contribution is 5.97. The number of nitrogens with zero attached hydrogens (tertiary/aromatic N) is 7. The fourth-order valence-corrected chi connectivity index (χ4v) is 4.66. The Labute approximate surface area is 215 Å². The molecule has 5 aromatic rings. The Morgan fingerprint density at radius 2 is 1.86 bits per heavy atom. The number of ether oxygens (including phenoxy) is 1. The van der Waals surface area contributed by atoms with E-state index in [2.05, 4.69) is 59.0 Å². The summed E-state index contributed by atoms with van der Waals surface area (Å²) in [6.07, 6.45) is 5.45. The van der Waals surface area contributed by atoms with Crippen LogP contribution in [0.3, 0.4) is 0 Å². The predicted molar refractivity (Wildman–Crippen MR) is 146 cm³/mol. The molecule has 1 aliphatic rings. The first-order valence-electron chi connectivity index (χ1n) is 12.5. The fraction of sp³-hybridized carbons (Fsp3) is 0.333. The molecule has 0 aliphatic carbocycles. The van der Waals surface area contributed by atoms with Gasteiger partial charge in [-0.2, -0.15) is 5.10 Å². The van der Waals surface area contributed by atoms with Crippen molar-refractivity contribution in [2.75, 3.05) is 65.4 Å². The van der Waals surface area contributed by atoms with Gasteiger partial charge in [-0.1, -0.05) is 6.07 Å². The summed E-state index contributed by atoms with van der Waals surface area (Å²) in [5, 5.41) is 8.76. The molecule has 6 rings (SSSR count). The second kappa shape index (κ2) is 9.79. The number of hydrogen-bond donors (Lipinski definition) is 2. The smallest absolute Gasteiger partial charge is 0.159 e. The van der Waals surface area contributed by atoms with E-state index in [9.17, 15) is 0 Å². The molecule has 10 nitrogen and oxygen atoms in total. The van der Waals surface area contributed by atoms with Gasteiger partial charge < -0.3 is 24.4 Å². The molecule has 0 saturated carbocycles. The SMILES string of the molecule is CN(C)CCOc1cncc(-c2ccc3[nH]nc(-c4nc5c(N6CCN(C)CC6)nccc5[nH]4)c3c2)c1. The molecule has 37 heavy (non-hydrogen) atoms. The number of imidazole rings is 1. The van der Waals surface area contributed by atoms with E-state index in [1.54, 1.807) is 6.20 Å². The Hall–Kier alpha value is -4.02. The van der Waals surface area contributed by atoms with Gasteiger partial charge in [-0.05, 0) is 51.0 Å². The summed E-state index contributed by atoms with van der Waals surface area (Å²) < 4.78 is 5.90. The number of nitrogens with one attached hydrogen (secondary N) is 2. The van der Waals surface area contributed by atoms with E-state index in [-0.39, 0.29) is 0 Å². The molecular weight excluding hydrogens is 466 g/mol. The van der Waals surface area contributed by atoms with E-state index < -0.39 is 0 Å². The van der Waals surface area contributed by atoms with Crippen molar-refractivity contribution in [3.63, 3.8) is 0 Å².